The van der Waals surface area contributed by atoms with Crippen molar-refractivity contribution in [3.8, 4) is 0 Å². The average Bonchev–Trinajstić information content (AvgIpc) is 2.55. The Bertz CT molecular complexity index is 261. The number of hydrogen-bond donors (Lipinski definition) is 1. The predicted molar refractivity (Wildman–Crippen MR) is 70.0 cm³/mol. The van der Waals surface area contributed by atoms with Crippen molar-refractivity contribution in [3.63, 3.8) is 0 Å². The van der Waals surface area contributed by atoms with Crippen molar-refractivity contribution in [1.82, 2.24) is 9.80 Å². The van der Waals surface area contributed by atoms with E-state index in [9.17, 15) is 0 Å². The molecule has 0 spiro atoms. The van der Waals surface area contributed by atoms with E-state index in [-0.39, 0.29) is 11.5 Å². The van der Waals surface area contributed by atoms with Crippen LogP contribution in [0.2, 0.25) is 0 Å². The van der Waals surface area contributed by atoms with Crippen molar-refractivity contribution in [2.24, 2.45) is 11.1 Å². The number of likely N-dealkylation sites (N-methyl/N-ethyl adjacent to an activating group) is 1. The summed E-state index contributed by atoms with van der Waals surface area (Å²) in [5.41, 5.74) is 6.30. The molecule has 0 aliphatic carbocycles. The molecular weight excluding hydrogens is 214 g/mol. The lowest BCUT2D eigenvalue weighted by molar-refractivity contribution is 0.0293. The third-order valence-corrected chi connectivity index (χ3v) is 4.64. The van der Waals surface area contributed by atoms with E-state index in [0.717, 1.165) is 32.8 Å². The van der Waals surface area contributed by atoms with Gasteiger partial charge in [-0.1, -0.05) is 6.92 Å². The van der Waals surface area contributed by atoms with Crippen molar-refractivity contribution < 1.29 is 4.74 Å². The maximum absolute atomic E-state index is 6.16. The van der Waals surface area contributed by atoms with Crippen LogP contribution in [0.1, 0.15) is 20.8 Å². The summed E-state index contributed by atoms with van der Waals surface area (Å²) in [5.74, 6) is 0. The van der Waals surface area contributed by atoms with Crippen LogP contribution in [0.5, 0.6) is 0 Å². The third-order valence-electron chi connectivity index (χ3n) is 4.64. The highest BCUT2D eigenvalue weighted by molar-refractivity contribution is 4.94. The lowest BCUT2D eigenvalue weighted by Crippen LogP contribution is -2.58. The Labute approximate surface area is 105 Å². The van der Waals surface area contributed by atoms with Crippen molar-refractivity contribution >= 4 is 0 Å². The molecular formula is C13H27N3O. The number of hydrogen-bond acceptors (Lipinski definition) is 4. The minimum Gasteiger partial charge on any atom is -0.379 e. The van der Waals surface area contributed by atoms with Crippen molar-refractivity contribution in [2.75, 3.05) is 39.9 Å². The number of piperazine rings is 1. The van der Waals surface area contributed by atoms with Gasteiger partial charge in [-0.2, -0.15) is 0 Å². The second-order valence-electron chi connectivity index (χ2n) is 6.33. The molecule has 2 heterocycles. The smallest absolute Gasteiger partial charge is 0.0624 e. The molecule has 2 aliphatic rings. The van der Waals surface area contributed by atoms with E-state index in [0.29, 0.717) is 12.1 Å². The SMILES string of the molecule is CC1CN(CC2(C)COCC2N)CC(C)N1C. The third kappa shape index (κ3) is 2.65. The molecule has 0 amide bonds. The van der Waals surface area contributed by atoms with E-state index in [1.807, 2.05) is 0 Å². The number of ether oxygens (including phenoxy) is 1. The molecule has 2 aliphatic heterocycles. The summed E-state index contributed by atoms with van der Waals surface area (Å²) in [6, 6.07) is 1.44. The van der Waals surface area contributed by atoms with Gasteiger partial charge in [-0.15, -0.1) is 0 Å². The van der Waals surface area contributed by atoms with Gasteiger partial charge in [0, 0.05) is 43.2 Å². The molecule has 2 fully saturated rings. The highest BCUT2D eigenvalue weighted by atomic mass is 16.5. The first-order valence-corrected chi connectivity index (χ1v) is 6.70. The Balaban J connectivity index is 1.95. The fourth-order valence-electron chi connectivity index (χ4n) is 3.04. The van der Waals surface area contributed by atoms with E-state index in [4.69, 9.17) is 10.5 Å². The quantitative estimate of drug-likeness (QED) is 0.759. The Morgan fingerprint density at radius 1 is 1.29 bits per heavy atom. The molecule has 2 rings (SSSR count). The lowest BCUT2D eigenvalue weighted by atomic mass is 9.84. The maximum atomic E-state index is 6.16. The van der Waals surface area contributed by atoms with Crippen LogP contribution in [-0.4, -0.2) is 67.8 Å². The van der Waals surface area contributed by atoms with Gasteiger partial charge in [0.1, 0.15) is 0 Å². The van der Waals surface area contributed by atoms with Crippen LogP contribution < -0.4 is 5.73 Å². The summed E-state index contributed by atoms with van der Waals surface area (Å²) in [5, 5.41) is 0. The van der Waals surface area contributed by atoms with E-state index in [2.05, 4.69) is 37.6 Å². The standard InChI is InChI=1S/C13H27N3O/c1-10-5-16(6-11(2)15(10)4)8-13(3)9-17-7-12(13)14/h10-12H,5-9,14H2,1-4H3. The normalized spacial score (nSPS) is 45.4. The van der Waals surface area contributed by atoms with Crippen LogP contribution >= 0.6 is 0 Å². The minimum absolute atomic E-state index is 0.134. The summed E-state index contributed by atoms with van der Waals surface area (Å²) in [7, 11) is 2.22. The zero-order chi connectivity index (χ0) is 12.6. The Morgan fingerprint density at radius 3 is 2.35 bits per heavy atom. The topological polar surface area (TPSA) is 41.7 Å². The summed E-state index contributed by atoms with van der Waals surface area (Å²) in [6.07, 6.45) is 0. The maximum Gasteiger partial charge on any atom is 0.0624 e. The van der Waals surface area contributed by atoms with Crippen molar-refractivity contribution in [2.45, 2.75) is 38.9 Å². The van der Waals surface area contributed by atoms with Crippen LogP contribution in [0.4, 0.5) is 0 Å². The lowest BCUT2D eigenvalue weighted by Gasteiger charge is -2.45. The molecule has 0 aromatic rings. The van der Waals surface area contributed by atoms with Crippen LogP contribution in [0.25, 0.3) is 0 Å². The van der Waals surface area contributed by atoms with Crippen LogP contribution in [0.15, 0.2) is 0 Å². The van der Waals surface area contributed by atoms with Gasteiger partial charge in [-0.05, 0) is 20.9 Å². The predicted octanol–water partition coefficient (Wildman–Crippen LogP) is 0.375. The summed E-state index contributed by atoms with van der Waals surface area (Å²) in [6.45, 7) is 11.7. The largest absolute Gasteiger partial charge is 0.379 e. The van der Waals surface area contributed by atoms with Gasteiger partial charge in [-0.25, -0.2) is 0 Å². The Kier molecular flexibility index (Phi) is 3.78. The molecule has 0 saturated carbocycles. The first kappa shape index (κ1) is 13.3. The molecule has 2 N–H and O–H groups in total. The summed E-state index contributed by atoms with van der Waals surface area (Å²) >= 11 is 0. The van der Waals surface area contributed by atoms with Gasteiger partial charge in [0.15, 0.2) is 0 Å². The fraction of sp³-hybridized carbons (Fsp3) is 1.00. The molecule has 0 radical (unpaired) electrons. The summed E-state index contributed by atoms with van der Waals surface area (Å²) in [4.78, 5) is 5.02. The van der Waals surface area contributed by atoms with Crippen LogP contribution in [0.3, 0.4) is 0 Å². The zero-order valence-corrected chi connectivity index (χ0v) is 11.6. The molecule has 4 atom stereocenters. The molecule has 4 nitrogen and oxygen atoms in total. The monoisotopic (exact) mass is 241 g/mol. The van der Waals surface area contributed by atoms with Gasteiger partial charge < -0.3 is 10.5 Å². The first-order chi connectivity index (χ1) is 7.92. The van der Waals surface area contributed by atoms with E-state index < -0.39 is 0 Å². The van der Waals surface area contributed by atoms with E-state index in [1.165, 1.54) is 0 Å². The number of rotatable bonds is 2. The molecule has 4 heteroatoms. The zero-order valence-electron chi connectivity index (χ0n) is 11.6. The summed E-state index contributed by atoms with van der Waals surface area (Å²) < 4.78 is 5.53. The molecule has 17 heavy (non-hydrogen) atoms. The number of nitrogens with two attached hydrogens (primary N) is 1. The average molecular weight is 241 g/mol. The first-order valence-electron chi connectivity index (χ1n) is 6.70. The molecule has 0 bridgehead atoms. The van der Waals surface area contributed by atoms with Gasteiger partial charge in [0.25, 0.3) is 0 Å². The highest BCUT2D eigenvalue weighted by Crippen LogP contribution is 2.29. The number of nitrogens with zero attached hydrogens (tertiary/aromatic N) is 2. The van der Waals surface area contributed by atoms with Gasteiger partial charge >= 0.3 is 0 Å². The van der Waals surface area contributed by atoms with Crippen LogP contribution in [0, 0.1) is 5.41 Å². The Morgan fingerprint density at radius 2 is 1.88 bits per heavy atom. The molecule has 100 valence electrons. The molecule has 4 unspecified atom stereocenters. The molecule has 0 aromatic carbocycles. The van der Waals surface area contributed by atoms with E-state index >= 15 is 0 Å². The van der Waals surface area contributed by atoms with Crippen LogP contribution in [-0.2, 0) is 4.74 Å². The van der Waals surface area contributed by atoms with Gasteiger partial charge in [-0.3, -0.25) is 9.80 Å². The minimum atomic E-state index is 0.134. The molecule has 2 saturated heterocycles. The second kappa shape index (κ2) is 4.84. The highest BCUT2D eigenvalue weighted by Gasteiger charge is 2.40. The second-order valence-corrected chi connectivity index (χ2v) is 6.33. The Hall–Kier alpha value is -0.160. The van der Waals surface area contributed by atoms with Crippen molar-refractivity contribution in [3.05, 3.63) is 0 Å². The molecule has 0 aromatic heterocycles. The fourth-order valence-corrected chi connectivity index (χ4v) is 3.04. The van der Waals surface area contributed by atoms with Gasteiger partial charge in [0.2, 0.25) is 0 Å². The van der Waals surface area contributed by atoms with Gasteiger partial charge in [0.05, 0.1) is 13.2 Å². The van der Waals surface area contributed by atoms with Crippen molar-refractivity contribution in [1.29, 1.82) is 0 Å². The van der Waals surface area contributed by atoms with E-state index in [1.54, 1.807) is 0 Å².